The second kappa shape index (κ2) is 23.2. The van der Waals surface area contributed by atoms with Crippen LogP contribution >= 0.6 is 0 Å². The Bertz CT molecular complexity index is 660. The highest BCUT2D eigenvalue weighted by molar-refractivity contribution is 5.86. The summed E-state index contributed by atoms with van der Waals surface area (Å²) >= 11 is 0. The summed E-state index contributed by atoms with van der Waals surface area (Å²) in [6.07, 6.45) is 27.8. The molecule has 2 amide bonds. The van der Waals surface area contributed by atoms with Crippen LogP contribution in [0.2, 0.25) is 0 Å². The zero-order chi connectivity index (χ0) is 30.3. The highest BCUT2D eigenvalue weighted by atomic mass is 16.6. The molecule has 0 spiro atoms. The molecule has 41 heavy (non-hydrogen) atoms. The fourth-order valence-electron chi connectivity index (χ4n) is 6.10. The van der Waals surface area contributed by atoms with Crippen molar-refractivity contribution in [2.75, 3.05) is 19.6 Å². The average Bonchev–Trinajstić information content (AvgIpc) is 3.32. The minimum atomic E-state index is -0.554. The molecule has 0 aromatic rings. The minimum Gasteiger partial charge on any atom is -0.444 e. The highest BCUT2D eigenvalue weighted by Gasteiger charge is 2.41. The number of likely N-dealkylation sites (tertiary alicyclic amines) is 1. The zero-order valence-corrected chi connectivity index (χ0v) is 28.5. The molecule has 0 N–H and O–H groups in total. The maximum absolute atomic E-state index is 13.9. The van der Waals surface area contributed by atoms with E-state index in [4.69, 9.17) is 4.74 Å². The fourth-order valence-corrected chi connectivity index (χ4v) is 6.10. The Balaban J connectivity index is 2.53. The molecule has 0 unspecified atom stereocenters. The number of unbranched alkanes of at least 4 members (excludes halogenated alkanes) is 19. The lowest BCUT2D eigenvalue weighted by Crippen LogP contribution is -2.49. The lowest BCUT2D eigenvalue weighted by molar-refractivity contribution is -0.136. The summed E-state index contributed by atoms with van der Waals surface area (Å²) in [5.74, 6) is 0.459. The van der Waals surface area contributed by atoms with Gasteiger partial charge in [0.2, 0.25) is 5.91 Å². The molecule has 1 rings (SSSR count). The third kappa shape index (κ3) is 18.8. The van der Waals surface area contributed by atoms with Crippen LogP contribution in [-0.2, 0) is 9.53 Å². The predicted molar refractivity (Wildman–Crippen MR) is 175 cm³/mol. The number of rotatable bonds is 24. The summed E-state index contributed by atoms with van der Waals surface area (Å²) in [6.45, 7) is 14.6. The van der Waals surface area contributed by atoms with Crippen LogP contribution in [0.1, 0.15) is 183 Å². The molecule has 1 aliphatic rings. The number of hydrogen-bond acceptors (Lipinski definition) is 3. The Labute approximate surface area is 255 Å². The molecule has 5 heteroatoms. The van der Waals surface area contributed by atoms with Gasteiger partial charge in [-0.3, -0.25) is 9.69 Å². The molecule has 0 radical (unpaired) electrons. The van der Waals surface area contributed by atoms with E-state index in [-0.39, 0.29) is 18.0 Å². The number of amides is 2. The quantitative estimate of drug-likeness (QED) is 0.107. The summed E-state index contributed by atoms with van der Waals surface area (Å²) in [4.78, 5) is 30.6. The van der Waals surface area contributed by atoms with E-state index in [0.717, 1.165) is 32.4 Å². The SMILES string of the molecule is CCCCCCCCCCCCCN(CCCCCCCCCCCC)C(=O)[C@@H]1C[C@H](C)CN1C(=O)OC(C)(C)C. The maximum Gasteiger partial charge on any atom is 0.410 e. The molecule has 242 valence electrons. The smallest absolute Gasteiger partial charge is 0.410 e. The molecule has 0 aromatic carbocycles. The molecular weight excluding hydrogens is 508 g/mol. The van der Waals surface area contributed by atoms with Crippen molar-refractivity contribution in [2.24, 2.45) is 5.92 Å². The Morgan fingerprint density at radius 1 is 0.659 bits per heavy atom. The van der Waals surface area contributed by atoms with Crippen LogP contribution in [0.25, 0.3) is 0 Å². The molecule has 1 aliphatic heterocycles. The van der Waals surface area contributed by atoms with Gasteiger partial charge in [0.25, 0.3) is 0 Å². The van der Waals surface area contributed by atoms with Gasteiger partial charge in [-0.25, -0.2) is 4.79 Å². The van der Waals surface area contributed by atoms with Crippen molar-refractivity contribution < 1.29 is 14.3 Å². The fraction of sp³-hybridized carbons (Fsp3) is 0.944. The van der Waals surface area contributed by atoms with E-state index in [2.05, 4.69) is 25.7 Å². The number of nitrogens with zero attached hydrogens (tertiary/aromatic N) is 2. The zero-order valence-electron chi connectivity index (χ0n) is 28.5. The monoisotopic (exact) mass is 579 g/mol. The molecule has 2 atom stereocenters. The van der Waals surface area contributed by atoms with E-state index in [0.29, 0.717) is 12.5 Å². The molecule has 1 saturated heterocycles. The first-order valence-corrected chi connectivity index (χ1v) is 18.0. The first kappa shape index (κ1) is 37.8. The van der Waals surface area contributed by atoms with Crippen molar-refractivity contribution in [1.82, 2.24) is 9.80 Å². The Hall–Kier alpha value is -1.26. The van der Waals surface area contributed by atoms with Crippen LogP contribution < -0.4 is 0 Å². The predicted octanol–water partition coefficient (Wildman–Crippen LogP) is 10.7. The van der Waals surface area contributed by atoms with Gasteiger partial charge in [-0.1, -0.05) is 143 Å². The van der Waals surface area contributed by atoms with Gasteiger partial charge in [0, 0.05) is 19.6 Å². The first-order valence-electron chi connectivity index (χ1n) is 18.0. The van der Waals surface area contributed by atoms with Crippen LogP contribution in [0.15, 0.2) is 0 Å². The summed E-state index contributed by atoms with van der Waals surface area (Å²) in [6, 6.07) is -0.379. The molecule has 5 nitrogen and oxygen atoms in total. The van der Waals surface area contributed by atoms with E-state index >= 15 is 0 Å². The Kier molecular flexibility index (Phi) is 21.4. The number of hydrogen-bond donors (Lipinski definition) is 0. The number of ether oxygens (including phenoxy) is 1. The van der Waals surface area contributed by atoms with Crippen molar-refractivity contribution in [3.63, 3.8) is 0 Å². The van der Waals surface area contributed by atoms with Gasteiger partial charge in [-0.2, -0.15) is 0 Å². The Morgan fingerprint density at radius 3 is 1.39 bits per heavy atom. The molecular formula is C36H70N2O3. The lowest BCUT2D eigenvalue weighted by atomic mass is 10.0. The molecule has 0 bridgehead atoms. The summed E-state index contributed by atoms with van der Waals surface area (Å²) in [5, 5.41) is 0. The topological polar surface area (TPSA) is 49.9 Å². The van der Waals surface area contributed by atoms with Crippen LogP contribution in [0, 0.1) is 5.92 Å². The van der Waals surface area contributed by atoms with Crippen molar-refractivity contribution >= 4 is 12.0 Å². The molecule has 1 heterocycles. The van der Waals surface area contributed by atoms with Crippen molar-refractivity contribution in [1.29, 1.82) is 0 Å². The third-order valence-electron chi connectivity index (χ3n) is 8.55. The molecule has 0 saturated carbocycles. The maximum atomic E-state index is 13.9. The van der Waals surface area contributed by atoms with E-state index in [1.54, 1.807) is 4.90 Å². The van der Waals surface area contributed by atoms with E-state index in [1.165, 1.54) is 122 Å². The van der Waals surface area contributed by atoms with E-state index in [1.807, 2.05) is 20.8 Å². The van der Waals surface area contributed by atoms with Crippen LogP contribution in [0.3, 0.4) is 0 Å². The molecule has 0 aromatic heterocycles. The van der Waals surface area contributed by atoms with Crippen molar-refractivity contribution in [2.45, 2.75) is 194 Å². The highest BCUT2D eigenvalue weighted by Crippen LogP contribution is 2.27. The van der Waals surface area contributed by atoms with Gasteiger partial charge in [0.05, 0.1) is 0 Å². The van der Waals surface area contributed by atoms with Gasteiger partial charge >= 0.3 is 6.09 Å². The van der Waals surface area contributed by atoms with Crippen molar-refractivity contribution in [3.05, 3.63) is 0 Å². The normalized spacial score (nSPS) is 17.3. The van der Waals surface area contributed by atoms with Gasteiger partial charge in [0.15, 0.2) is 0 Å². The largest absolute Gasteiger partial charge is 0.444 e. The lowest BCUT2D eigenvalue weighted by Gasteiger charge is -2.32. The minimum absolute atomic E-state index is 0.142. The molecule has 1 fully saturated rings. The van der Waals surface area contributed by atoms with E-state index in [9.17, 15) is 9.59 Å². The summed E-state index contributed by atoms with van der Waals surface area (Å²) < 4.78 is 5.69. The number of carbonyl (C=O) groups excluding carboxylic acids is 2. The average molecular weight is 579 g/mol. The van der Waals surface area contributed by atoms with Crippen molar-refractivity contribution in [3.8, 4) is 0 Å². The summed E-state index contributed by atoms with van der Waals surface area (Å²) in [5.41, 5.74) is -0.554. The van der Waals surface area contributed by atoms with Gasteiger partial charge in [0.1, 0.15) is 11.6 Å². The molecule has 0 aliphatic carbocycles. The standard InChI is InChI=1S/C36H70N2O3/c1-7-9-11-13-15-17-19-21-23-25-27-29-37(28-26-24-22-20-18-16-14-12-10-8-2)34(39)33-30-32(3)31-38(33)35(40)41-36(4,5)6/h32-33H,7-31H2,1-6H3/t32-,33-/m0/s1. The van der Waals surface area contributed by atoms with Gasteiger partial charge < -0.3 is 9.64 Å². The van der Waals surface area contributed by atoms with Crippen LogP contribution in [-0.4, -0.2) is 53.1 Å². The Morgan fingerprint density at radius 2 is 1.02 bits per heavy atom. The van der Waals surface area contributed by atoms with Crippen LogP contribution in [0.5, 0.6) is 0 Å². The second-order valence-electron chi connectivity index (χ2n) is 14.0. The summed E-state index contributed by atoms with van der Waals surface area (Å²) in [7, 11) is 0. The van der Waals surface area contributed by atoms with Gasteiger partial charge in [-0.15, -0.1) is 0 Å². The third-order valence-corrected chi connectivity index (χ3v) is 8.55. The number of carbonyl (C=O) groups is 2. The van der Waals surface area contributed by atoms with Crippen LogP contribution in [0.4, 0.5) is 4.79 Å². The van der Waals surface area contributed by atoms with Gasteiger partial charge in [-0.05, 0) is 46.0 Å². The van der Waals surface area contributed by atoms with E-state index < -0.39 is 5.60 Å². The second-order valence-corrected chi connectivity index (χ2v) is 14.0. The first-order chi connectivity index (χ1) is 19.7.